The van der Waals surface area contributed by atoms with Gasteiger partial charge in [-0.2, -0.15) is 4.99 Å². The lowest BCUT2D eigenvalue weighted by atomic mass is 9.95. The molecular weight excluding hydrogens is 601 g/mol. The average Bonchev–Trinajstić information content (AvgIpc) is 3.49. The third kappa shape index (κ3) is 7.86. The maximum atomic E-state index is 13.0. The maximum Gasteiger partial charge on any atom is 0.573 e. The summed E-state index contributed by atoms with van der Waals surface area (Å²) >= 11 is 1.61. The number of amidine groups is 1. The number of aliphatic imine (C=N–C) groups is 1. The number of ether oxygens (including phenoxy) is 1. The van der Waals surface area contributed by atoms with Gasteiger partial charge >= 0.3 is 12.4 Å². The van der Waals surface area contributed by atoms with Crippen LogP contribution in [-0.4, -0.2) is 50.7 Å². The summed E-state index contributed by atoms with van der Waals surface area (Å²) in [6.45, 7) is 8.86. The molecule has 2 heterocycles. The first-order valence-electron chi connectivity index (χ1n) is 14.8. The second-order valence-corrected chi connectivity index (χ2v) is 12.0. The van der Waals surface area contributed by atoms with E-state index in [1.807, 2.05) is 30.3 Å². The van der Waals surface area contributed by atoms with Crippen molar-refractivity contribution >= 4 is 28.6 Å². The normalized spacial score (nSPS) is 16.9. The van der Waals surface area contributed by atoms with Gasteiger partial charge in [-0.25, -0.2) is 14.5 Å². The van der Waals surface area contributed by atoms with E-state index in [-0.39, 0.29) is 23.7 Å². The van der Waals surface area contributed by atoms with Crippen LogP contribution in [0.15, 0.2) is 78.0 Å². The number of thioether (sulfide) groups is 1. The van der Waals surface area contributed by atoms with E-state index in [0.29, 0.717) is 18.1 Å². The highest BCUT2D eigenvalue weighted by molar-refractivity contribution is 8.14. The molecule has 0 spiro atoms. The van der Waals surface area contributed by atoms with Gasteiger partial charge < -0.3 is 15.0 Å². The molecule has 3 aromatic carbocycles. The van der Waals surface area contributed by atoms with Gasteiger partial charge in [-0.1, -0.05) is 61.2 Å². The molecule has 0 saturated carbocycles. The number of urea groups is 1. The van der Waals surface area contributed by atoms with Crippen LogP contribution in [0.4, 0.5) is 23.7 Å². The predicted octanol–water partition coefficient (Wildman–Crippen LogP) is 8.04. The first-order chi connectivity index (χ1) is 21.5. The van der Waals surface area contributed by atoms with E-state index in [9.17, 15) is 18.0 Å². The highest BCUT2D eigenvalue weighted by Crippen LogP contribution is 2.34. The molecule has 0 aliphatic carbocycles. The molecule has 1 saturated heterocycles. The Labute approximate surface area is 264 Å². The highest BCUT2D eigenvalue weighted by atomic mass is 32.2. The van der Waals surface area contributed by atoms with Crippen LogP contribution in [0.5, 0.6) is 5.75 Å². The van der Waals surface area contributed by atoms with E-state index >= 15 is 0 Å². The average molecular weight is 637 g/mol. The number of para-hydroxylation sites is 1. The van der Waals surface area contributed by atoms with Gasteiger partial charge in [0.25, 0.3) is 0 Å². The lowest BCUT2D eigenvalue weighted by molar-refractivity contribution is -0.274. The van der Waals surface area contributed by atoms with Crippen molar-refractivity contribution in [3.05, 3.63) is 89.7 Å². The van der Waals surface area contributed by atoms with Gasteiger partial charge in [0.1, 0.15) is 12.1 Å². The third-order valence-electron chi connectivity index (χ3n) is 7.75. The molecule has 2 atom stereocenters. The summed E-state index contributed by atoms with van der Waals surface area (Å²) in [7, 11) is 0. The highest BCUT2D eigenvalue weighted by Gasteiger charge is 2.31. The number of rotatable bonds is 8. The second kappa shape index (κ2) is 13.8. The fraction of sp³-hybridized carbons (Fsp3) is 0.333. The zero-order valence-corrected chi connectivity index (χ0v) is 26.3. The standard InChI is InChI=1S/C33H35F3N6O2S/c1-5-24(19-37-31(43)39-32-42(23(4)17-18-45-32)29-21(2)7-6-8-22(29)3)25-9-11-26(12-10-25)30-38-20-41(40-30)27-13-15-28(16-14-27)44-33(34,35)36/h6-16,20,23-24H,5,17-19H2,1-4H3,(H,37,43). The van der Waals surface area contributed by atoms with Crippen molar-refractivity contribution in [1.29, 1.82) is 0 Å². The number of hydrogen-bond donors (Lipinski definition) is 1. The van der Waals surface area contributed by atoms with Crippen molar-refractivity contribution < 1.29 is 22.7 Å². The van der Waals surface area contributed by atoms with Gasteiger partial charge in [0.05, 0.1) is 5.69 Å². The van der Waals surface area contributed by atoms with Crippen LogP contribution in [0, 0.1) is 13.8 Å². The number of alkyl halides is 3. The third-order valence-corrected chi connectivity index (χ3v) is 8.74. The Balaban J connectivity index is 1.23. The van der Waals surface area contributed by atoms with E-state index in [4.69, 9.17) is 0 Å². The monoisotopic (exact) mass is 636 g/mol. The fourth-order valence-electron chi connectivity index (χ4n) is 5.36. The van der Waals surface area contributed by atoms with Crippen LogP contribution in [0.25, 0.3) is 17.1 Å². The van der Waals surface area contributed by atoms with Crippen LogP contribution >= 0.6 is 11.8 Å². The summed E-state index contributed by atoms with van der Waals surface area (Å²) in [4.78, 5) is 24.1. The van der Waals surface area contributed by atoms with Crippen molar-refractivity contribution in [3.8, 4) is 22.8 Å². The van der Waals surface area contributed by atoms with Crippen LogP contribution in [-0.2, 0) is 0 Å². The van der Waals surface area contributed by atoms with Gasteiger partial charge in [-0.15, -0.1) is 18.3 Å². The molecule has 2 unspecified atom stereocenters. The van der Waals surface area contributed by atoms with Gasteiger partial charge in [-0.3, -0.25) is 0 Å². The smallest absolute Gasteiger partial charge is 0.406 e. The summed E-state index contributed by atoms with van der Waals surface area (Å²) in [5, 5.41) is 8.21. The van der Waals surface area contributed by atoms with Crippen molar-refractivity contribution in [2.24, 2.45) is 4.99 Å². The maximum absolute atomic E-state index is 13.0. The summed E-state index contributed by atoms with van der Waals surface area (Å²) in [6.07, 6.45) is -1.42. The predicted molar refractivity (Wildman–Crippen MR) is 172 cm³/mol. The lowest BCUT2D eigenvalue weighted by Crippen LogP contribution is -2.43. The molecule has 1 fully saturated rings. The zero-order valence-electron chi connectivity index (χ0n) is 25.5. The number of anilines is 1. The molecule has 45 heavy (non-hydrogen) atoms. The number of amides is 2. The number of carbonyl (C=O) groups excluding carboxylic acids is 1. The van der Waals surface area contributed by atoms with Crippen molar-refractivity contribution in [2.45, 2.75) is 58.9 Å². The Morgan fingerprint density at radius 3 is 2.42 bits per heavy atom. The Morgan fingerprint density at radius 2 is 1.78 bits per heavy atom. The number of carbonyl (C=O) groups is 1. The minimum atomic E-state index is -4.75. The summed E-state index contributed by atoms with van der Waals surface area (Å²) in [6, 6.07) is 19.3. The van der Waals surface area contributed by atoms with Gasteiger partial charge in [0.2, 0.25) is 0 Å². The van der Waals surface area contributed by atoms with Crippen molar-refractivity contribution in [3.63, 3.8) is 0 Å². The fourth-order valence-corrected chi connectivity index (χ4v) is 6.55. The van der Waals surface area contributed by atoms with Gasteiger partial charge in [0.15, 0.2) is 11.0 Å². The van der Waals surface area contributed by atoms with E-state index in [2.05, 4.69) is 69.9 Å². The summed E-state index contributed by atoms with van der Waals surface area (Å²) in [5.74, 6) is 1.16. The molecular formula is C33H35F3N6O2S. The molecule has 1 aliphatic rings. The first-order valence-corrected chi connectivity index (χ1v) is 15.7. The second-order valence-electron chi connectivity index (χ2n) is 11.0. The zero-order chi connectivity index (χ0) is 32.1. The Morgan fingerprint density at radius 1 is 1.09 bits per heavy atom. The summed E-state index contributed by atoms with van der Waals surface area (Å²) in [5.41, 5.74) is 5.82. The number of halogens is 3. The Kier molecular flexibility index (Phi) is 9.81. The molecule has 12 heteroatoms. The number of nitrogens with zero attached hydrogens (tertiary/aromatic N) is 5. The lowest BCUT2D eigenvalue weighted by Gasteiger charge is -2.37. The molecule has 4 aromatic rings. The molecule has 2 amide bonds. The molecule has 8 nitrogen and oxygen atoms in total. The van der Waals surface area contributed by atoms with Crippen molar-refractivity contribution in [1.82, 2.24) is 20.1 Å². The van der Waals surface area contributed by atoms with Crippen LogP contribution < -0.4 is 15.0 Å². The van der Waals surface area contributed by atoms with Crippen LogP contribution in [0.3, 0.4) is 0 Å². The van der Waals surface area contributed by atoms with Crippen molar-refractivity contribution in [2.75, 3.05) is 17.2 Å². The molecule has 236 valence electrons. The van der Waals surface area contributed by atoms with Gasteiger partial charge in [-0.05, 0) is 74.6 Å². The molecule has 1 aromatic heterocycles. The number of hydrogen-bond acceptors (Lipinski definition) is 5. The Bertz CT molecular complexity index is 1630. The minimum absolute atomic E-state index is 0.0822. The number of aryl methyl sites for hydroxylation is 2. The van der Waals surface area contributed by atoms with Crippen LogP contribution in [0.2, 0.25) is 0 Å². The topological polar surface area (TPSA) is 84.6 Å². The molecule has 1 aliphatic heterocycles. The van der Waals surface area contributed by atoms with E-state index < -0.39 is 6.36 Å². The SMILES string of the molecule is CCC(CNC(=O)N=C1SCCC(C)N1c1c(C)cccc1C)c1ccc(-c2ncn(-c3ccc(OC(F)(F)F)cc3)n2)cc1. The number of aromatic nitrogens is 3. The van der Waals surface area contributed by atoms with Gasteiger partial charge in [0, 0.05) is 35.5 Å². The molecule has 5 rings (SSSR count). The Hall–Kier alpha value is -4.32. The van der Waals surface area contributed by atoms with Crippen LogP contribution in [0.1, 0.15) is 49.3 Å². The van der Waals surface area contributed by atoms with E-state index in [1.165, 1.54) is 35.3 Å². The molecule has 0 bridgehead atoms. The van der Waals surface area contributed by atoms with E-state index in [0.717, 1.165) is 51.7 Å². The largest absolute Gasteiger partial charge is 0.573 e. The van der Waals surface area contributed by atoms with E-state index in [1.54, 1.807) is 11.8 Å². The first kappa shape index (κ1) is 32.1. The number of nitrogens with one attached hydrogen (secondary N) is 1. The minimum Gasteiger partial charge on any atom is -0.406 e. The number of benzene rings is 3. The summed E-state index contributed by atoms with van der Waals surface area (Å²) < 4.78 is 42.8. The molecule has 0 radical (unpaired) electrons. The molecule has 1 N–H and O–H groups in total. The quantitative estimate of drug-likeness (QED) is 0.211.